The van der Waals surface area contributed by atoms with E-state index in [9.17, 15) is 5.11 Å². The highest BCUT2D eigenvalue weighted by Gasteiger charge is 2.13. The fourth-order valence-electron chi connectivity index (χ4n) is 2.54. The van der Waals surface area contributed by atoms with Gasteiger partial charge in [-0.2, -0.15) is 0 Å². The van der Waals surface area contributed by atoms with E-state index in [0.717, 1.165) is 16.8 Å². The van der Waals surface area contributed by atoms with Crippen LogP contribution in [0.4, 0.5) is 5.69 Å². The number of rotatable bonds is 6. The summed E-state index contributed by atoms with van der Waals surface area (Å²) >= 11 is 0. The standard InChI is InChI=1S/C18H21N5O/c1-13-8-9-14(2)17(10-13)19-11-16(24)12-23-18(20-21-22-23)15-6-4-3-5-7-15/h3-10,16,19,24H,11-12H2,1-2H3/t16-/m1/s1. The summed E-state index contributed by atoms with van der Waals surface area (Å²) in [5.74, 6) is 0.654. The van der Waals surface area contributed by atoms with Crippen molar-refractivity contribution in [1.29, 1.82) is 0 Å². The van der Waals surface area contributed by atoms with Crippen LogP contribution < -0.4 is 5.32 Å². The molecule has 0 amide bonds. The maximum atomic E-state index is 10.3. The van der Waals surface area contributed by atoms with Crippen LogP contribution in [-0.2, 0) is 6.54 Å². The average molecular weight is 323 g/mol. The highest BCUT2D eigenvalue weighted by Crippen LogP contribution is 2.17. The summed E-state index contributed by atoms with van der Waals surface area (Å²) in [6.45, 7) is 4.85. The molecule has 1 heterocycles. The number of aliphatic hydroxyl groups is 1. The summed E-state index contributed by atoms with van der Waals surface area (Å²) in [6, 6.07) is 15.9. The van der Waals surface area contributed by atoms with E-state index >= 15 is 0 Å². The zero-order valence-electron chi connectivity index (χ0n) is 13.8. The number of nitrogens with zero attached hydrogens (tertiary/aromatic N) is 4. The lowest BCUT2D eigenvalue weighted by Gasteiger charge is -2.15. The Balaban J connectivity index is 1.65. The Kier molecular flexibility index (Phi) is 4.86. The van der Waals surface area contributed by atoms with Crippen LogP contribution in [0.25, 0.3) is 11.4 Å². The fourth-order valence-corrected chi connectivity index (χ4v) is 2.54. The van der Waals surface area contributed by atoms with E-state index in [4.69, 9.17) is 0 Å². The Labute approximate surface area is 141 Å². The monoisotopic (exact) mass is 323 g/mol. The third kappa shape index (κ3) is 3.78. The number of hydrogen-bond acceptors (Lipinski definition) is 5. The molecule has 2 aromatic carbocycles. The first-order valence-electron chi connectivity index (χ1n) is 7.94. The molecule has 0 spiro atoms. The maximum absolute atomic E-state index is 10.3. The molecule has 6 nitrogen and oxygen atoms in total. The van der Waals surface area contributed by atoms with Crippen LogP contribution in [0.1, 0.15) is 11.1 Å². The Hall–Kier alpha value is -2.73. The van der Waals surface area contributed by atoms with Crippen LogP contribution in [0, 0.1) is 13.8 Å². The van der Waals surface area contributed by atoms with Gasteiger partial charge in [0, 0.05) is 17.8 Å². The second kappa shape index (κ2) is 7.23. The van der Waals surface area contributed by atoms with Crippen molar-refractivity contribution >= 4 is 5.69 Å². The molecule has 124 valence electrons. The Morgan fingerprint density at radius 1 is 1.12 bits per heavy atom. The lowest BCUT2D eigenvalue weighted by Crippen LogP contribution is -2.26. The van der Waals surface area contributed by atoms with Crippen molar-refractivity contribution in [2.45, 2.75) is 26.5 Å². The molecule has 0 unspecified atom stereocenters. The minimum absolute atomic E-state index is 0.328. The Morgan fingerprint density at radius 3 is 2.71 bits per heavy atom. The van der Waals surface area contributed by atoms with E-state index in [-0.39, 0.29) is 0 Å². The predicted octanol–water partition coefficient (Wildman–Crippen LogP) is 2.43. The smallest absolute Gasteiger partial charge is 0.182 e. The number of tetrazole rings is 1. The van der Waals surface area contributed by atoms with Gasteiger partial charge in [0.05, 0.1) is 12.6 Å². The second-order valence-electron chi connectivity index (χ2n) is 5.90. The number of aromatic nitrogens is 4. The summed E-state index contributed by atoms with van der Waals surface area (Å²) in [7, 11) is 0. The average Bonchev–Trinajstić information content (AvgIpc) is 3.04. The van der Waals surface area contributed by atoms with Crippen molar-refractivity contribution in [3.05, 3.63) is 59.7 Å². The normalized spacial score (nSPS) is 12.1. The van der Waals surface area contributed by atoms with Crippen LogP contribution in [0.3, 0.4) is 0 Å². The van der Waals surface area contributed by atoms with E-state index in [2.05, 4.69) is 39.0 Å². The van der Waals surface area contributed by atoms with E-state index in [1.54, 1.807) is 4.68 Å². The van der Waals surface area contributed by atoms with Crippen molar-refractivity contribution in [2.24, 2.45) is 0 Å². The van der Waals surface area contributed by atoms with Crippen LogP contribution in [0.2, 0.25) is 0 Å². The molecule has 3 rings (SSSR count). The first-order chi connectivity index (χ1) is 11.6. The van der Waals surface area contributed by atoms with E-state index < -0.39 is 6.10 Å². The molecule has 6 heteroatoms. The molecular formula is C18H21N5O. The number of hydrogen-bond donors (Lipinski definition) is 2. The Bertz CT molecular complexity index is 800. The summed E-state index contributed by atoms with van der Waals surface area (Å²) in [6.07, 6.45) is -0.601. The molecule has 0 aliphatic heterocycles. The molecule has 0 fully saturated rings. The molecule has 0 bridgehead atoms. The van der Waals surface area contributed by atoms with Gasteiger partial charge in [-0.05, 0) is 41.5 Å². The number of nitrogens with one attached hydrogen (secondary N) is 1. The lowest BCUT2D eigenvalue weighted by atomic mass is 10.1. The van der Waals surface area contributed by atoms with Crippen LogP contribution in [0.5, 0.6) is 0 Å². The zero-order valence-corrected chi connectivity index (χ0v) is 13.8. The molecule has 0 radical (unpaired) electrons. The van der Waals surface area contributed by atoms with Crippen LogP contribution in [0.15, 0.2) is 48.5 Å². The number of aliphatic hydroxyl groups excluding tert-OH is 1. The zero-order chi connectivity index (χ0) is 16.9. The minimum Gasteiger partial charge on any atom is -0.389 e. The van der Waals surface area contributed by atoms with E-state index in [0.29, 0.717) is 18.9 Å². The molecule has 0 saturated heterocycles. The van der Waals surface area contributed by atoms with Crippen molar-refractivity contribution in [2.75, 3.05) is 11.9 Å². The molecule has 1 atom stereocenters. The first kappa shape index (κ1) is 16.1. The molecular weight excluding hydrogens is 302 g/mol. The van der Waals surface area contributed by atoms with Gasteiger partial charge < -0.3 is 10.4 Å². The second-order valence-corrected chi connectivity index (χ2v) is 5.90. The van der Waals surface area contributed by atoms with Gasteiger partial charge in [0.15, 0.2) is 5.82 Å². The van der Waals surface area contributed by atoms with Gasteiger partial charge in [-0.25, -0.2) is 4.68 Å². The quantitative estimate of drug-likeness (QED) is 0.728. The van der Waals surface area contributed by atoms with Gasteiger partial charge in [0.25, 0.3) is 0 Å². The third-order valence-electron chi connectivity index (χ3n) is 3.87. The predicted molar refractivity (Wildman–Crippen MR) is 93.7 cm³/mol. The van der Waals surface area contributed by atoms with Gasteiger partial charge in [0.2, 0.25) is 0 Å². The molecule has 1 aromatic heterocycles. The van der Waals surface area contributed by atoms with Crippen molar-refractivity contribution in [1.82, 2.24) is 20.2 Å². The van der Waals surface area contributed by atoms with Gasteiger partial charge in [-0.1, -0.05) is 42.5 Å². The highest BCUT2D eigenvalue weighted by molar-refractivity contribution is 5.54. The molecule has 0 aliphatic rings. The maximum Gasteiger partial charge on any atom is 0.182 e. The summed E-state index contributed by atoms with van der Waals surface area (Å²) in [5, 5.41) is 25.4. The highest BCUT2D eigenvalue weighted by atomic mass is 16.3. The van der Waals surface area contributed by atoms with E-state index in [1.807, 2.05) is 44.2 Å². The number of anilines is 1. The first-order valence-corrected chi connectivity index (χ1v) is 7.94. The fraction of sp³-hybridized carbons (Fsp3) is 0.278. The van der Waals surface area contributed by atoms with Crippen LogP contribution >= 0.6 is 0 Å². The van der Waals surface area contributed by atoms with Gasteiger partial charge in [-0.3, -0.25) is 0 Å². The summed E-state index contributed by atoms with van der Waals surface area (Å²) in [5.41, 5.74) is 4.30. The SMILES string of the molecule is Cc1ccc(C)c(NC[C@@H](O)Cn2nnnc2-c2ccccc2)c1. The van der Waals surface area contributed by atoms with Gasteiger partial charge in [0.1, 0.15) is 0 Å². The van der Waals surface area contributed by atoms with Crippen LogP contribution in [-0.4, -0.2) is 38.0 Å². The lowest BCUT2D eigenvalue weighted by molar-refractivity contribution is 0.161. The summed E-state index contributed by atoms with van der Waals surface area (Å²) in [4.78, 5) is 0. The molecule has 2 N–H and O–H groups in total. The molecule has 3 aromatic rings. The summed E-state index contributed by atoms with van der Waals surface area (Å²) < 4.78 is 1.63. The minimum atomic E-state index is -0.601. The Morgan fingerprint density at radius 2 is 1.92 bits per heavy atom. The topological polar surface area (TPSA) is 75.9 Å². The molecule has 24 heavy (non-hydrogen) atoms. The number of benzene rings is 2. The van der Waals surface area contributed by atoms with Crippen molar-refractivity contribution < 1.29 is 5.11 Å². The third-order valence-corrected chi connectivity index (χ3v) is 3.87. The molecule has 0 saturated carbocycles. The van der Waals surface area contributed by atoms with E-state index in [1.165, 1.54) is 5.56 Å². The molecule has 0 aliphatic carbocycles. The van der Waals surface area contributed by atoms with Crippen molar-refractivity contribution in [3.8, 4) is 11.4 Å². The van der Waals surface area contributed by atoms with Gasteiger partial charge >= 0.3 is 0 Å². The largest absolute Gasteiger partial charge is 0.389 e. The van der Waals surface area contributed by atoms with Gasteiger partial charge in [-0.15, -0.1) is 5.10 Å². The number of aryl methyl sites for hydroxylation is 2. The van der Waals surface area contributed by atoms with Crippen molar-refractivity contribution in [3.63, 3.8) is 0 Å².